The normalized spacial score (nSPS) is 8.46. The summed E-state index contributed by atoms with van der Waals surface area (Å²) in [7, 11) is 0. The molecule has 0 amide bonds. The van der Waals surface area contributed by atoms with Crippen LogP contribution < -0.4 is 0 Å². The van der Waals surface area contributed by atoms with Gasteiger partial charge in [-0.05, 0) is 24.0 Å². The molecule has 0 aromatic heterocycles. The molecule has 0 nitrogen and oxygen atoms in total. The van der Waals surface area contributed by atoms with Crippen molar-refractivity contribution in [2.45, 2.75) is 40.5 Å². The van der Waals surface area contributed by atoms with E-state index in [2.05, 4.69) is 45.0 Å². The summed E-state index contributed by atoms with van der Waals surface area (Å²) in [6.45, 7) is 10.6. The van der Waals surface area contributed by atoms with Gasteiger partial charge in [0.25, 0.3) is 0 Å². The van der Waals surface area contributed by atoms with E-state index in [9.17, 15) is 0 Å². The SMILES string of the molecule is CC.Cc1ccccc1C(C)C.[V]. The van der Waals surface area contributed by atoms with Gasteiger partial charge < -0.3 is 0 Å². The topological polar surface area (TPSA) is 0 Å². The quantitative estimate of drug-likeness (QED) is 0.660. The van der Waals surface area contributed by atoms with E-state index < -0.39 is 0 Å². The van der Waals surface area contributed by atoms with Crippen molar-refractivity contribution in [1.29, 1.82) is 0 Å². The maximum absolute atomic E-state index is 2.22. The van der Waals surface area contributed by atoms with Crippen LogP contribution in [0.25, 0.3) is 0 Å². The summed E-state index contributed by atoms with van der Waals surface area (Å²) in [5.74, 6) is 0.654. The van der Waals surface area contributed by atoms with Gasteiger partial charge >= 0.3 is 0 Å². The van der Waals surface area contributed by atoms with Gasteiger partial charge in [-0.1, -0.05) is 52.0 Å². The van der Waals surface area contributed by atoms with Crippen LogP contribution in [0.2, 0.25) is 0 Å². The zero-order valence-corrected chi connectivity index (χ0v) is 10.7. The van der Waals surface area contributed by atoms with Crippen molar-refractivity contribution in [2.75, 3.05) is 0 Å². The van der Waals surface area contributed by atoms with Crippen molar-refractivity contribution >= 4 is 0 Å². The van der Waals surface area contributed by atoms with Crippen molar-refractivity contribution in [3.05, 3.63) is 35.4 Å². The number of hydrogen-bond donors (Lipinski definition) is 0. The number of rotatable bonds is 1. The Morgan fingerprint density at radius 3 is 1.77 bits per heavy atom. The second-order valence-electron chi connectivity index (χ2n) is 3.01. The van der Waals surface area contributed by atoms with Crippen LogP contribution in [0, 0.1) is 6.92 Å². The monoisotopic (exact) mass is 215 g/mol. The molecule has 0 bridgehead atoms. The summed E-state index contributed by atoms with van der Waals surface area (Å²) < 4.78 is 0. The first-order chi connectivity index (χ1) is 5.72. The smallest absolute Gasteiger partial charge is 0 e. The molecule has 0 atom stereocenters. The molecule has 1 radical (unpaired) electrons. The molecule has 0 aliphatic carbocycles. The van der Waals surface area contributed by atoms with E-state index in [0.29, 0.717) is 5.92 Å². The Kier molecular flexibility index (Phi) is 9.88. The number of aryl methyl sites for hydroxylation is 1. The Bertz CT molecular complexity index is 216. The van der Waals surface area contributed by atoms with Gasteiger partial charge in [0, 0.05) is 18.6 Å². The molecule has 0 aliphatic rings. The maximum Gasteiger partial charge on any atom is 0 e. The van der Waals surface area contributed by atoms with Crippen molar-refractivity contribution in [3.8, 4) is 0 Å². The Morgan fingerprint density at radius 1 is 1.00 bits per heavy atom. The van der Waals surface area contributed by atoms with Crippen LogP contribution in [-0.4, -0.2) is 0 Å². The van der Waals surface area contributed by atoms with Gasteiger partial charge in [0.05, 0.1) is 0 Å². The van der Waals surface area contributed by atoms with E-state index in [4.69, 9.17) is 0 Å². The fourth-order valence-corrected chi connectivity index (χ4v) is 1.23. The molecule has 1 aromatic rings. The third-order valence-corrected chi connectivity index (χ3v) is 1.81. The first-order valence-electron chi connectivity index (χ1n) is 4.77. The molecule has 0 N–H and O–H groups in total. The fourth-order valence-electron chi connectivity index (χ4n) is 1.23. The summed E-state index contributed by atoms with van der Waals surface area (Å²) in [4.78, 5) is 0. The van der Waals surface area contributed by atoms with Crippen LogP contribution in [0.4, 0.5) is 0 Å². The molecule has 1 rings (SSSR count). The minimum atomic E-state index is 0. The predicted molar refractivity (Wildman–Crippen MR) is 56.6 cm³/mol. The van der Waals surface area contributed by atoms with Crippen LogP contribution in [0.15, 0.2) is 24.3 Å². The van der Waals surface area contributed by atoms with Gasteiger partial charge in [-0.3, -0.25) is 0 Å². The van der Waals surface area contributed by atoms with Crippen molar-refractivity contribution in [3.63, 3.8) is 0 Å². The van der Waals surface area contributed by atoms with Gasteiger partial charge in [0.1, 0.15) is 0 Å². The second kappa shape index (κ2) is 8.40. The molecule has 0 spiro atoms. The molecule has 0 aliphatic heterocycles. The Morgan fingerprint density at radius 2 is 1.46 bits per heavy atom. The van der Waals surface area contributed by atoms with E-state index in [1.807, 2.05) is 13.8 Å². The van der Waals surface area contributed by atoms with Crippen LogP contribution in [0.3, 0.4) is 0 Å². The van der Waals surface area contributed by atoms with Gasteiger partial charge in [0.15, 0.2) is 0 Å². The molecule has 0 fully saturated rings. The maximum atomic E-state index is 2.22. The summed E-state index contributed by atoms with van der Waals surface area (Å²) >= 11 is 0. The predicted octanol–water partition coefficient (Wildman–Crippen LogP) is 4.14. The molecule has 73 valence electrons. The van der Waals surface area contributed by atoms with Crippen molar-refractivity contribution < 1.29 is 18.6 Å². The second-order valence-corrected chi connectivity index (χ2v) is 3.01. The summed E-state index contributed by atoms with van der Waals surface area (Å²) in [5, 5.41) is 0. The molecule has 0 unspecified atom stereocenters. The first-order valence-corrected chi connectivity index (χ1v) is 4.77. The van der Waals surface area contributed by atoms with Gasteiger partial charge in [-0.25, -0.2) is 0 Å². The zero-order valence-electron chi connectivity index (χ0n) is 9.33. The number of benzene rings is 1. The van der Waals surface area contributed by atoms with Crippen molar-refractivity contribution in [1.82, 2.24) is 0 Å². The molecule has 1 aromatic carbocycles. The van der Waals surface area contributed by atoms with E-state index in [1.165, 1.54) is 11.1 Å². The first kappa shape index (κ1) is 15.3. The fraction of sp³-hybridized carbons (Fsp3) is 0.500. The molecule has 1 heteroatoms. The van der Waals surface area contributed by atoms with Crippen LogP contribution in [-0.2, 0) is 18.6 Å². The van der Waals surface area contributed by atoms with E-state index in [-0.39, 0.29) is 18.6 Å². The van der Waals surface area contributed by atoms with Gasteiger partial charge in [-0.15, -0.1) is 0 Å². The molecule has 0 saturated heterocycles. The zero-order chi connectivity index (χ0) is 9.56. The summed E-state index contributed by atoms with van der Waals surface area (Å²) in [5.41, 5.74) is 2.86. The van der Waals surface area contributed by atoms with Gasteiger partial charge in [0.2, 0.25) is 0 Å². The van der Waals surface area contributed by atoms with E-state index >= 15 is 0 Å². The molecular formula is C12H20V. The van der Waals surface area contributed by atoms with Crippen LogP contribution in [0.5, 0.6) is 0 Å². The van der Waals surface area contributed by atoms with Crippen molar-refractivity contribution in [2.24, 2.45) is 0 Å². The third-order valence-electron chi connectivity index (χ3n) is 1.81. The van der Waals surface area contributed by atoms with Gasteiger partial charge in [-0.2, -0.15) is 0 Å². The summed E-state index contributed by atoms with van der Waals surface area (Å²) in [6.07, 6.45) is 0. The van der Waals surface area contributed by atoms with Crippen LogP contribution >= 0.6 is 0 Å². The number of hydrogen-bond acceptors (Lipinski definition) is 0. The molecule has 0 saturated carbocycles. The average molecular weight is 215 g/mol. The molecular weight excluding hydrogens is 195 g/mol. The van der Waals surface area contributed by atoms with Crippen LogP contribution in [0.1, 0.15) is 44.7 Å². The standard InChI is InChI=1S/C10H14.C2H6.V/c1-8(2)10-7-5-4-6-9(10)3;1-2;/h4-8H,1-3H3;1-2H3;. The third kappa shape index (κ3) is 5.18. The van der Waals surface area contributed by atoms with E-state index in [0.717, 1.165) is 0 Å². The van der Waals surface area contributed by atoms with E-state index in [1.54, 1.807) is 0 Å². The minimum Gasteiger partial charge on any atom is -0.0683 e. The molecule has 13 heavy (non-hydrogen) atoms. The Balaban J connectivity index is 0. The Labute approximate surface area is 94.6 Å². The molecule has 0 heterocycles. The largest absolute Gasteiger partial charge is 0.0683 e. The minimum absolute atomic E-state index is 0. The Hall–Kier alpha value is -0.196. The summed E-state index contributed by atoms with van der Waals surface area (Å²) in [6, 6.07) is 8.54. The average Bonchev–Trinajstić information content (AvgIpc) is 2.08.